The molecule has 11 aliphatic rings. The number of rotatable bonds is 4. The second kappa shape index (κ2) is 10.4. The fraction of sp³-hybridized carbons (Fsp3) is 0.727. The Balaban J connectivity index is 0.889. The number of hydrogen-bond acceptors (Lipinski definition) is 10. The van der Waals surface area contributed by atoms with Crippen LogP contribution in [0, 0.1) is 11.8 Å². The number of fused-ring (bicyclic) bond motifs is 4. The second-order valence-electron chi connectivity index (χ2n) is 20.2. The lowest BCUT2D eigenvalue weighted by atomic mass is 9.47. The van der Waals surface area contributed by atoms with Gasteiger partial charge in [-0.05, 0) is 161 Å². The number of phenols is 2. The van der Waals surface area contributed by atoms with E-state index in [0.717, 1.165) is 74.8 Å². The number of hydrogen-bond donors (Lipinski definition) is 4. The van der Waals surface area contributed by atoms with E-state index in [-0.39, 0.29) is 42.3 Å². The molecule has 10 nitrogen and oxygen atoms in total. The number of aliphatic hydroxyl groups is 2. The predicted molar refractivity (Wildman–Crippen MR) is 197 cm³/mol. The van der Waals surface area contributed by atoms with E-state index in [1.54, 1.807) is 0 Å². The lowest BCUT2D eigenvalue weighted by molar-refractivity contribution is -0.250. The fourth-order valence-corrected chi connectivity index (χ4v) is 14.9. The van der Waals surface area contributed by atoms with Crippen molar-refractivity contribution < 1.29 is 34.6 Å². The summed E-state index contributed by atoms with van der Waals surface area (Å²) in [5.74, 6) is 2.01. The molecule has 0 radical (unpaired) electrons. The zero-order chi connectivity index (χ0) is 36.0. The van der Waals surface area contributed by atoms with Crippen LogP contribution in [0.3, 0.4) is 0 Å². The average molecular weight is 738 g/mol. The van der Waals surface area contributed by atoms with Crippen molar-refractivity contribution in [3.63, 3.8) is 0 Å². The number of piperidine rings is 2. The van der Waals surface area contributed by atoms with Gasteiger partial charge in [-0.25, -0.2) is 4.90 Å². The summed E-state index contributed by atoms with van der Waals surface area (Å²) in [6, 6.07) is 11.8. The molecule has 13 rings (SSSR count). The normalized spacial score (nSPS) is 48.7. The smallest absolute Gasteiger partial charge is 0.145 e. The summed E-state index contributed by atoms with van der Waals surface area (Å²) in [6.45, 7) is 4.49. The number of aromatic hydroxyl groups is 2. The molecule has 11 atom stereocenters. The minimum atomic E-state index is -0.924. The third-order valence-corrected chi connectivity index (χ3v) is 17.7. The minimum Gasteiger partial charge on any atom is -0.508 e. The Morgan fingerprint density at radius 3 is 1.67 bits per heavy atom. The van der Waals surface area contributed by atoms with Gasteiger partial charge in [0.05, 0.1) is 17.8 Å². The first kappa shape index (κ1) is 32.8. The van der Waals surface area contributed by atoms with Crippen LogP contribution < -0.4 is 0 Å². The van der Waals surface area contributed by atoms with Crippen LogP contribution in [-0.2, 0) is 37.9 Å². The monoisotopic (exact) mass is 737 g/mol. The van der Waals surface area contributed by atoms with E-state index in [0.29, 0.717) is 45.1 Å². The largest absolute Gasteiger partial charge is 0.508 e. The highest BCUT2D eigenvalue weighted by Gasteiger charge is 2.78. The minimum absolute atomic E-state index is 0.0472. The van der Waals surface area contributed by atoms with Crippen molar-refractivity contribution >= 4 is 0 Å². The topological polar surface area (TPSA) is 118 Å². The van der Waals surface area contributed by atoms with E-state index < -0.39 is 33.2 Å². The summed E-state index contributed by atoms with van der Waals surface area (Å²) in [5.41, 5.74) is 0.435. The van der Waals surface area contributed by atoms with E-state index in [4.69, 9.17) is 14.2 Å². The van der Waals surface area contributed by atoms with Gasteiger partial charge in [-0.3, -0.25) is 9.80 Å². The third-order valence-electron chi connectivity index (χ3n) is 17.7. The Bertz CT molecular complexity index is 1840. The highest BCUT2D eigenvalue weighted by Crippen LogP contribution is 2.69. The Kier molecular flexibility index (Phi) is 6.32. The van der Waals surface area contributed by atoms with Crippen LogP contribution in [0.25, 0.3) is 0 Å². The molecule has 4 saturated carbocycles. The van der Waals surface area contributed by atoms with E-state index >= 15 is 0 Å². The van der Waals surface area contributed by atoms with Gasteiger partial charge in [-0.15, -0.1) is 0 Å². The number of nitrogens with zero attached hydrogens (tertiary/aromatic N) is 3. The van der Waals surface area contributed by atoms with Crippen molar-refractivity contribution in [2.24, 2.45) is 11.8 Å². The molecule has 5 saturated heterocycles. The van der Waals surface area contributed by atoms with Crippen LogP contribution in [0.2, 0.25) is 0 Å². The van der Waals surface area contributed by atoms with Crippen molar-refractivity contribution in [3.05, 3.63) is 58.7 Å². The maximum atomic E-state index is 13.2. The van der Waals surface area contributed by atoms with Crippen molar-refractivity contribution in [2.75, 3.05) is 32.8 Å². The van der Waals surface area contributed by atoms with Crippen LogP contribution in [-0.4, -0.2) is 121 Å². The van der Waals surface area contributed by atoms with Gasteiger partial charge in [0.2, 0.25) is 0 Å². The van der Waals surface area contributed by atoms with Gasteiger partial charge < -0.3 is 34.6 Å². The summed E-state index contributed by atoms with van der Waals surface area (Å²) in [6.07, 6.45) is 11.5. The molecule has 0 unspecified atom stereocenters. The molecule has 2 aromatic rings. The van der Waals surface area contributed by atoms with Crippen LogP contribution in [0.4, 0.5) is 0 Å². The molecule has 9 fully saturated rings. The summed E-state index contributed by atoms with van der Waals surface area (Å²) >= 11 is 0. The maximum absolute atomic E-state index is 13.2. The van der Waals surface area contributed by atoms with Gasteiger partial charge in [-0.1, -0.05) is 12.1 Å². The van der Waals surface area contributed by atoms with Gasteiger partial charge in [0.15, 0.2) is 0 Å². The van der Waals surface area contributed by atoms with Crippen LogP contribution in [0.1, 0.15) is 99.3 Å². The van der Waals surface area contributed by atoms with Gasteiger partial charge in [-0.2, -0.15) is 0 Å². The maximum Gasteiger partial charge on any atom is 0.145 e. The van der Waals surface area contributed by atoms with E-state index in [2.05, 4.69) is 26.8 Å². The summed E-state index contributed by atoms with van der Waals surface area (Å²) < 4.78 is 21.7. The van der Waals surface area contributed by atoms with Crippen LogP contribution in [0.15, 0.2) is 36.4 Å². The summed E-state index contributed by atoms with van der Waals surface area (Å²) in [4.78, 5) is 7.61. The van der Waals surface area contributed by atoms with E-state index in [1.807, 2.05) is 24.3 Å². The molecular formula is C44H55N3O7. The van der Waals surface area contributed by atoms with Crippen LogP contribution >= 0.6 is 0 Å². The molecule has 2 aromatic carbocycles. The SMILES string of the molecule is Oc1ccc2c(c1)[C@]13CCN(CC4CC4)[C@H](C2)[C@]1(O)CC[C@@]1(C3)O[C@H]2CO[C@@H]3N2[C@H]1O[C@]31CC[C@@]2(O)[C@H]3Cc4ccc(O)cc4[C@@]2(CCN3CC2CC2)C1. The summed E-state index contributed by atoms with van der Waals surface area (Å²) in [5, 5.41) is 48.2. The predicted octanol–water partition coefficient (Wildman–Crippen LogP) is 4.03. The molecule has 5 aliphatic heterocycles. The molecule has 0 aromatic heterocycles. The van der Waals surface area contributed by atoms with Crippen molar-refractivity contribution in [1.29, 1.82) is 0 Å². The first-order chi connectivity index (χ1) is 26.1. The Morgan fingerprint density at radius 2 is 1.15 bits per heavy atom. The lowest BCUT2D eigenvalue weighted by Crippen LogP contribution is -2.76. The molecular weight excluding hydrogens is 682 g/mol. The molecule has 10 heteroatoms. The van der Waals surface area contributed by atoms with Gasteiger partial charge in [0.1, 0.15) is 41.4 Å². The Hall–Kier alpha value is -2.28. The lowest BCUT2D eigenvalue weighted by Gasteiger charge is -2.67. The second-order valence-corrected chi connectivity index (χ2v) is 20.2. The van der Waals surface area contributed by atoms with Gasteiger partial charge in [0.25, 0.3) is 0 Å². The molecule has 2 spiro atoms. The fourth-order valence-electron chi connectivity index (χ4n) is 14.9. The van der Waals surface area contributed by atoms with Crippen molar-refractivity contribution in [2.45, 2.75) is 154 Å². The van der Waals surface area contributed by atoms with Crippen molar-refractivity contribution in [1.82, 2.24) is 14.7 Å². The van der Waals surface area contributed by atoms with Crippen LogP contribution in [0.5, 0.6) is 11.5 Å². The zero-order valence-electron chi connectivity index (χ0n) is 31.3. The molecule has 288 valence electrons. The Morgan fingerprint density at radius 1 is 0.630 bits per heavy atom. The molecule has 54 heavy (non-hydrogen) atoms. The van der Waals surface area contributed by atoms with Gasteiger partial charge in [0, 0.05) is 36.0 Å². The third kappa shape index (κ3) is 3.96. The molecule has 4 N–H and O–H groups in total. The standard InChI is InChI=1S/C44H55N3O7/c48-30-7-5-28-17-34-43(50)11-9-41(24-39(43,32(28)19-30)13-15-45(34)21-26-1-2-26)37-47-36(23-52-37)53-42(38(47)54-41)10-12-44(51)35-18-29-6-8-31(49)20-33(29)40(44,25-42)14-16-46(35)22-27-3-4-27/h5-8,19-20,26-27,34-38,48-51H,1-4,9-18,21-25H2/t34-,35-,36+,37+,38+,39-,40-,41+,42+,43-,44-/m1/s1. The average Bonchev–Trinajstić information content (AvgIpc) is 4.06. The quantitative estimate of drug-likeness (QED) is 0.367. The molecule has 4 bridgehead atoms. The number of likely N-dealkylation sites (tertiary alicyclic amines) is 2. The molecule has 0 amide bonds. The zero-order valence-corrected chi connectivity index (χ0v) is 31.3. The Labute approximate surface area is 317 Å². The molecule has 6 aliphatic carbocycles. The first-order valence-corrected chi connectivity index (χ1v) is 21.4. The molecule has 5 heterocycles. The summed E-state index contributed by atoms with van der Waals surface area (Å²) in [7, 11) is 0. The number of benzene rings is 2. The van der Waals surface area contributed by atoms with E-state index in [9.17, 15) is 20.4 Å². The highest BCUT2D eigenvalue weighted by atomic mass is 16.7. The number of ether oxygens (including phenoxy) is 3. The first-order valence-electron chi connectivity index (χ1n) is 21.4. The number of phenolic OH excluding ortho intramolecular Hbond substituents is 2. The van der Waals surface area contributed by atoms with Gasteiger partial charge >= 0.3 is 0 Å². The van der Waals surface area contributed by atoms with Crippen molar-refractivity contribution in [3.8, 4) is 11.5 Å². The van der Waals surface area contributed by atoms with E-state index in [1.165, 1.54) is 36.8 Å². The highest BCUT2D eigenvalue weighted by molar-refractivity contribution is 5.51.